The van der Waals surface area contributed by atoms with Crippen molar-refractivity contribution in [3.63, 3.8) is 0 Å². The molecule has 0 aromatic heterocycles. The first kappa shape index (κ1) is 9.93. The van der Waals surface area contributed by atoms with Gasteiger partial charge in [0.25, 0.3) is 0 Å². The Morgan fingerprint density at radius 1 is 1.90 bits per heavy atom. The standard InChI is InChI=1S/C4H9NO3S2/c1-10(7)8-4(6)3(5)2-9/h3,9H,2,5H2,1H3/t3-,10?/m1/s1. The lowest BCUT2D eigenvalue weighted by molar-refractivity contribution is -0.134. The Labute approximate surface area is 67.2 Å². The van der Waals surface area contributed by atoms with Crippen LogP contribution in [0.1, 0.15) is 0 Å². The van der Waals surface area contributed by atoms with Crippen LogP contribution in [-0.4, -0.2) is 28.2 Å². The van der Waals surface area contributed by atoms with Crippen molar-refractivity contribution in [3.8, 4) is 0 Å². The molecule has 0 fully saturated rings. The zero-order chi connectivity index (χ0) is 8.15. The quantitative estimate of drug-likeness (QED) is 0.555. The van der Waals surface area contributed by atoms with Crippen molar-refractivity contribution < 1.29 is 13.2 Å². The van der Waals surface area contributed by atoms with Gasteiger partial charge in [0.1, 0.15) is 6.04 Å². The molecule has 0 amide bonds. The van der Waals surface area contributed by atoms with E-state index >= 15 is 0 Å². The lowest BCUT2D eigenvalue weighted by Gasteiger charge is -2.04. The largest absolute Gasteiger partial charge is 0.363 e. The van der Waals surface area contributed by atoms with Crippen LogP contribution in [0.4, 0.5) is 0 Å². The molecule has 0 rings (SSSR count). The average Bonchev–Trinajstić information content (AvgIpc) is 1.85. The second-order valence-electron chi connectivity index (χ2n) is 1.59. The van der Waals surface area contributed by atoms with E-state index in [2.05, 4.69) is 16.8 Å². The average molecular weight is 183 g/mol. The Hall–Kier alpha value is -0.0700. The molecule has 0 aliphatic heterocycles. The number of nitrogens with two attached hydrogens (primary N) is 1. The lowest BCUT2D eigenvalue weighted by Crippen LogP contribution is -2.34. The van der Waals surface area contributed by atoms with Crippen molar-refractivity contribution in [2.45, 2.75) is 6.04 Å². The van der Waals surface area contributed by atoms with Crippen molar-refractivity contribution in [1.29, 1.82) is 0 Å². The number of hydrogen-bond donors (Lipinski definition) is 2. The Kier molecular flexibility index (Phi) is 4.67. The van der Waals surface area contributed by atoms with Gasteiger partial charge in [-0.15, -0.1) is 0 Å². The second-order valence-corrected chi connectivity index (χ2v) is 2.93. The molecule has 0 aliphatic rings. The van der Waals surface area contributed by atoms with Gasteiger partial charge in [0.2, 0.25) is 11.1 Å². The Bertz CT molecular complexity index is 149. The van der Waals surface area contributed by atoms with Gasteiger partial charge in [-0.3, -0.25) is 0 Å². The van der Waals surface area contributed by atoms with Crippen molar-refractivity contribution >= 4 is 29.7 Å². The van der Waals surface area contributed by atoms with Gasteiger partial charge in [0.05, 0.1) is 0 Å². The van der Waals surface area contributed by atoms with Crippen LogP contribution in [0.15, 0.2) is 0 Å². The molecule has 0 saturated heterocycles. The topological polar surface area (TPSA) is 69.4 Å². The summed E-state index contributed by atoms with van der Waals surface area (Å²) in [6.45, 7) is 0. The van der Waals surface area contributed by atoms with Gasteiger partial charge >= 0.3 is 5.97 Å². The summed E-state index contributed by atoms with van der Waals surface area (Å²) in [6, 6.07) is -0.785. The summed E-state index contributed by atoms with van der Waals surface area (Å²) in [6.07, 6.45) is 1.25. The molecule has 0 heterocycles. The van der Waals surface area contributed by atoms with Crippen LogP contribution in [0.25, 0.3) is 0 Å². The predicted octanol–water partition coefficient (Wildman–Crippen LogP) is -0.920. The van der Waals surface area contributed by atoms with Crippen LogP contribution >= 0.6 is 12.6 Å². The fourth-order valence-corrected chi connectivity index (χ4v) is 0.756. The summed E-state index contributed by atoms with van der Waals surface area (Å²) in [5.41, 5.74) is 5.18. The maximum absolute atomic E-state index is 10.6. The highest BCUT2D eigenvalue weighted by Gasteiger charge is 2.13. The SMILES string of the molecule is CS(=O)OC(=O)[C@H](N)CS. The summed E-state index contributed by atoms with van der Waals surface area (Å²) in [7, 11) is 0. The third-order valence-corrected chi connectivity index (χ3v) is 1.49. The van der Waals surface area contributed by atoms with E-state index in [1.807, 2.05) is 0 Å². The maximum Gasteiger partial charge on any atom is 0.337 e. The van der Waals surface area contributed by atoms with Gasteiger partial charge < -0.3 is 9.92 Å². The molecule has 2 atom stereocenters. The summed E-state index contributed by atoms with van der Waals surface area (Å²) >= 11 is 2.17. The summed E-state index contributed by atoms with van der Waals surface area (Å²) < 4.78 is 14.5. The first-order valence-electron chi connectivity index (χ1n) is 2.50. The van der Waals surface area contributed by atoms with E-state index in [1.54, 1.807) is 0 Å². The van der Waals surface area contributed by atoms with Crippen molar-refractivity contribution in [2.24, 2.45) is 5.73 Å². The Morgan fingerprint density at radius 2 is 2.40 bits per heavy atom. The summed E-state index contributed by atoms with van der Waals surface area (Å²) in [5, 5.41) is 0. The van der Waals surface area contributed by atoms with E-state index in [-0.39, 0.29) is 5.75 Å². The summed E-state index contributed by atoms with van der Waals surface area (Å²) in [5.74, 6) is -0.494. The minimum Gasteiger partial charge on any atom is -0.363 e. The van der Waals surface area contributed by atoms with Crippen LogP contribution < -0.4 is 5.73 Å². The molecular weight excluding hydrogens is 174 g/mol. The van der Waals surface area contributed by atoms with E-state index in [0.29, 0.717) is 0 Å². The number of rotatable bonds is 3. The maximum atomic E-state index is 10.6. The van der Waals surface area contributed by atoms with E-state index in [4.69, 9.17) is 5.73 Å². The number of carbonyl (C=O) groups is 1. The molecule has 10 heavy (non-hydrogen) atoms. The number of thiol groups is 1. The molecule has 1 unspecified atom stereocenters. The molecule has 2 N–H and O–H groups in total. The number of hydrogen-bond acceptors (Lipinski definition) is 5. The molecule has 0 aliphatic carbocycles. The molecule has 0 aromatic carbocycles. The van der Waals surface area contributed by atoms with Gasteiger partial charge in [-0.05, 0) is 0 Å². The molecule has 0 spiro atoms. The van der Waals surface area contributed by atoms with Gasteiger partial charge in [-0.25, -0.2) is 9.00 Å². The van der Waals surface area contributed by atoms with Gasteiger partial charge in [0.15, 0.2) is 0 Å². The van der Waals surface area contributed by atoms with Crippen molar-refractivity contribution in [3.05, 3.63) is 0 Å². The highest BCUT2D eigenvalue weighted by atomic mass is 32.2. The van der Waals surface area contributed by atoms with Crippen LogP contribution in [-0.2, 0) is 20.1 Å². The third kappa shape index (κ3) is 3.86. The molecule has 0 aromatic rings. The van der Waals surface area contributed by atoms with Crippen molar-refractivity contribution in [2.75, 3.05) is 12.0 Å². The summed E-state index contributed by atoms with van der Waals surface area (Å²) in [4.78, 5) is 10.6. The predicted molar refractivity (Wildman–Crippen MR) is 42.0 cm³/mol. The normalized spacial score (nSPS) is 15.9. The van der Waals surface area contributed by atoms with Gasteiger partial charge in [-0.2, -0.15) is 12.6 Å². The zero-order valence-corrected chi connectivity index (χ0v) is 7.15. The number of carbonyl (C=O) groups excluding carboxylic acids is 1. The van der Waals surface area contributed by atoms with Crippen molar-refractivity contribution in [1.82, 2.24) is 0 Å². The third-order valence-electron chi connectivity index (χ3n) is 0.699. The lowest BCUT2D eigenvalue weighted by atomic mass is 10.4. The highest BCUT2D eigenvalue weighted by molar-refractivity contribution is 7.80. The van der Waals surface area contributed by atoms with E-state index in [0.717, 1.165) is 0 Å². The highest BCUT2D eigenvalue weighted by Crippen LogP contribution is 1.89. The van der Waals surface area contributed by atoms with Gasteiger partial charge in [0, 0.05) is 12.0 Å². The van der Waals surface area contributed by atoms with Crippen LogP contribution in [0, 0.1) is 0 Å². The van der Waals surface area contributed by atoms with Crippen LogP contribution in [0.3, 0.4) is 0 Å². The smallest absolute Gasteiger partial charge is 0.337 e. The molecule has 0 saturated carbocycles. The van der Waals surface area contributed by atoms with Gasteiger partial charge in [-0.1, -0.05) is 0 Å². The first-order valence-corrected chi connectivity index (χ1v) is 4.61. The van der Waals surface area contributed by atoms with Crippen LogP contribution in [0.5, 0.6) is 0 Å². The fourth-order valence-electron chi connectivity index (χ4n) is 0.252. The zero-order valence-electron chi connectivity index (χ0n) is 5.44. The second kappa shape index (κ2) is 4.70. The van der Waals surface area contributed by atoms with E-state index < -0.39 is 23.1 Å². The molecule has 0 radical (unpaired) electrons. The Balaban J connectivity index is 3.73. The van der Waals surface area contributed by atoms with E-state index in [9.17, 15) is 9.00 Å². The monoisotopic (exact) mass is 183 g/mol. The molecular formula is C4H9NO3S2. The Morgan fingerprint density at radius 3 is 2.70 bits per heavy atom. The van der Waals surface area contributed by atoms with Crippen LogP contribution in [0.2, 0.25) is 0 Å². The first-order chi connectivity index (χ1) is 4.57. The molecule has 60 valence electrons. The minimum atomic E-state index is -1.58. The molecule has 6 heteroatoms. The van der Waals surface area contributed by atoms with E-state index in [1.165, 1.54) is 6.26 Å². The molecule has 0 bridgehead atoms. The fraction of sp³-hybridized carbons (Fsp3) is 0.750. The minimum absolute atomic E-state index is 0.191. The molecule has 4 nitrogen and oxygen atoms in total.